The van der Waals surface area contributed by atoms with Crippen LogP contribution in [0.15, 0.2) is 60.8 Å². The molecule has 0 radical (unpaired) electrons. The summed E-state index contributed by atoms with van der Waals surface area (Å²) in [7, 11) is 0. The first kappa shape index (κ1) is 24.2. The summed E-state index contributed by atoms with van der Waals surface area (Å²) in [5, 5.41) is 7.23. The second-order valence-electron chi connectivity index (χ2n) is 10.2. The lowest BCUT2D eigenvalue weighted by Gasteiger charge is -2.35. The van der Waals surface area contributed by atoms with Crippen LogP contribution >= 0.6 is 0 Å². The van der Waals surface area contributed by atoms with Crippen LogP contribution in [0, 0.1) is 6.92 Å². The number of aromatic nitrogens is 2. The molecule has 4 bridgehead atoms. The summed E-state index contributed by atoms with van der Waals surface area (Å²) in [5.41, 5.74) is 2.46. The summed E-state index contributed by atoms with van der Waals surface area (Å²) in [6, 6.07) is 16.8. The number of ether oxygens (including phenoxy) is 1. The molecule has 3 amide bonds. The van der Waals surface area contributed by atoms with E-state index < -0.39 is 11.5 Å². The van der Waals surface area contributed by atoms with Crippen molar-refractivity contribution < 1.29 is 19.1 Å². The van der Waals surface area contributed by atoms with Gasteiger partial charge < -0.3 is 19.9 Å². The van der Waals surface area contributed by atoms with Crippen LogP contribution < -0.4 is 15.0 Å². The zero-order valence-electron chi connectivity index (χ0n) is 21.4. The number of para-hydroxylation sites is 1. The van der Waals surface area contributed by atoms with Gasteiger partial charge in [0, 0.05) is 43.6 Å². The van der Waals surface area contributed by atoms with E-state index in [2.05, 4.69) is 10.4 Å². The minimum Gasteiger partial charge on any atom is -0.494 e. The lowest BCUT2D eigenvalue weighted by atomic mass is 9.72. The highest BCUT2D eigenvalue weighted by atomic mass is 16.5. The van der Waals surface area contributed by atoms with Crippen LogP contribution in [-0.2, 0) is 26.3 Å². The van der Waals surface area contributed by atoms with Gasteiger partial charge in [-0.05, 0) is 55.2 Å². The minimum absolute atomic E-state index is 0.0318. The van der Waals surface area contributed by atoms with Gasteiger partial charge in [0.25, 0.3) is 0 Å². The van der Waals surface area contributed by atoms with E-state index in [-0.39, 0.29) is 30.7 Å². The van der Waals surface area contributed by atoms with Crippen molar-refractivity contribution in [2.45, 2.75) is 44.2 Å². The van der Waals surface area contributed by atoms with Crippen molar-refractivity contribution >= 4 is 23.4 Å². The SMILES string of the molecule is Cc1ccnn1CCC(=O)N1CC[C@]23C(=O)N(CC(=O)NCCCOc4cccc(c4)[C@H]12)c1ccccc13. The summed E-state index contributed by atoms with van der Waals surface area (Å²) in [5.74, 6) is 0.303. The van der Waals surface area contributed by atoms with Gasteiger partial charge in [-0.3, -0.25) is 19.1 Å². The number of nitrogens with one attached hydrogen (secondary N) is 1. The molecule has 3 aliphatic rings. The molecule has 9 heteroatoms. The number of carbonyl (C=O) groups is 3. The first-order valence-corrected chi connectivity index (χ1v) is 13.2. The fraction of sp³-hybridized carbons (Fsp3) is 0.379. The number of hydrogen-bond donors (Lipinski definition) is 1. The number of likely N-dealkylation sites (tertiary alicyclic amines) is 1. The molecule has 1 N–H and O–H groups in total. The van der Waals surface area contributed by atoms with Crippen LogP contribution in [0.25, 0.3) is 0 Å². The van der Waals surface area contributed by atoms with Gasteiger partial charge >= 0.3 is 0 Å². The Morgan fingerprint density at radius 3 is 2.87 bits per heavy atom. The molecule has 4 heterocycles. The maximum absolute atomic E-state index is 14.4. The summed E-state index contributed by atoms with van der Waals surface area (Å²) < 4.78 is 7.81. The highest BCUT2D eigenvalue weighted by Gasteiger charge is 2.61. The molecule has 1 saturated heterocycles. The Labute approximate surface area is 221 Å². The summed E-state index contributed by atoms with van der Waals surface area (Å²) >= 11 is 0. The van der Waals surface area contributed by atoms with E-state index in [0.717, 1.165) is 22.5 Å². The standard InChI is InChI=1S/C29H31N5O4/c1-20-10-14-31-34(20)15-11-26(36)32-16-12-29-23-8-2-3-9-24(23)33(28(29)37)19-25(35)30-13-5-17-38-22-7-4-6-21(18-22)27(29)32/h2-4,6-10,14,18,27H,5,11-13,15-17,19H2,1H3,(H,30,35)/t27-,29+/m0/s1. The largest absolute Gasteiger partial charge is 0.494 e. The first-order valence-electron chi connectivity index (χ1n) is 13.2. The number of aryl methyl sites for hydroxylation is 2. The second-order valence-corrected chi connectivity index (χ2v) is 10.2. The number of rotatable bonds is 3. The Bertz CT molecular complexity index is 1400. The normalized spacial score (nSPS) is 22.8. The van der Waals surface area contributed by atoms with E-state index in [1.165, 1.54) is 0 Å². The molecule has 1 spiro atoms. The zero-order valence-corrected chi connectivity index (χ0v) is 21.4. The molecule has 0 aliphatic carbocycles. The number of fused-ring (bicyclic) bond motifs is 6. The molecule has 3 aromatic rings. The van der Waals surface area contributed by atoms with Crippen LogP contribution in [0.1, 0.15) is 42.1 Å². The van der Waals surface area contributed by atoms with E-state index in [0.29, 0.717) is 44.8 Å². The van der Waals surface area contributed by atoms with E-state index in [1.807, 2.05) is 71.1 Å². The fourth-order valence-electron chi connectivity index (χ4n) is 6.22. The maximum Gasteiger partial charge on any atom is 0.240 e. The third kappa shape index (κ3) is 3.93. The second kappa shape index (κ2) is 9.63. The van der Waals surface area contributed by atoms with Crippen LogP contribution in [0.2, 0.25) is 0 Å². The molecule has 9 nitrogen and oxygen atoms in total. The Morgan fingerprint density at radius 2 is 2.03 bits per heavy atom. The lowest BCUT2D eigenvalue weighted by molar-refractivity contribution is -0.134. The summed E-state index contributed by atoms with van der Waals surface area (Å²) in [4.78, 5) is 44.5. The molecule has 0 unspecified atom stereocenters. The van der Waals surface area contributed by atoms with Crippen molar-refractivity contribution in [1.29, 1.82) is 0 Å². The van der Waals surface area contributed by atoms with Crippen molar-refractivity contribution in [3.63, 3.8) is 0 Å². The molecule has 2 aromatic carbocycles. The van der Waals surface area contributed by atoms with E-state index in [4.69, 9.17) is 4.74 Å². The van der Waals surface area contributed by atoms with Gasteiger partial charge in [-0.15, -0.1) is 0 Å². The topological polar surface area (TPSA) is 96.8 Å². The Balaban J connectivity index is 1.45. The summed E-state index contributed by atoms with van der Waals surface area (Å²) in [6.45, 7) is 3.73. The van der Waals surface area contributed by atoms with Gasteiger partial charge in [0.15, 0.2) is 0 Å². The molecule has 2 atom stereocenters. The zero-order chi connectivity index (χ0) is 26.3. The van der Waals surface area contributed by atoms with E-state index >= 15 is 0 Å². The minimum atomic E-state index is -0.989. The van der Waals surface area contributed by atoms with Gasteiger partial charge in [-0.2, -0.15) is 5.10 Å². The Morgan fingerprint density at radius 1 is 1.16 bits per heavy atom. The van der Waals surface area contributed by atoms with Gasteiger partial charge in [0.1, 0.15) is 17.7 Å². The third-order valence-electron chi connectivity index (χ3n) is 8.00. The van der Waals surface area contributed by atoms with E-state index in [9.17, 15) is 14.4 Å². The van der Waals surface area contributed by atoms with Crippen molar-refractivity contribution in [2.24, 2.45) is 0 Å². The van der Waals surface area contributed by atoms with Crippen LogP contribution in [-0.4, -0.2) is 58.6 Å². The van der Waals surface area contributed by atoms with Crippen LogP contribution in [0.3, 0.4) is 0 Å². The average molecular weight is 514 g/mol. The quantitative estimate of drug-likeness (QED) is 0.581. The van der Waals surface area contributed by atoms with Gasteiger partial charge in [-0.1, -0.05) is 30.3 Å². The molecular formula is C29H31N5O4. The highest BCUT2D eigenvalue weighted by Crippen LogP contribution is 2.56. The molecule has 1 aromatic heterocycles. The molecule has 196 valence electrons. The number of nitrogens with zero attached hydrogens (tertiary/aromatic N) is 4. The van der Waals surface area contributed by atoms with E-state index in [1.54, 1.807) is 11.1 Å². The Hall–Kier alpha value is -4.14. The molecule has 0 saturated carbocycles. The first-order chi connectivity index (χ1) is 18.5. The summed E-state index contributed by atoms with van der Waals surface area (Å²) in [6.07, 6.45) is 3.12. The number of carbonyl (C=O) groups excluding carboxylic acids is 3. The van der Waals surface area contributed by atoms with Crippen molar-refractivity contribution in [3.8, 4) is 5.75 Å². The molecule has 3 aliphatic heterocycles. The molecule has 1 fully saturated rings. The van der Waals surface area contributed by atoms with Crippen molar-refractivity contribution in [3.05, 3.63) is 77.6 Å². The van der Waals surface area contributed by atoms with Crippen LogP contribution in [0.4, 0.5) is 5.69 Å². The third-order valence-corrected chi connectivity index (χ3v) is 8.00. The lowest BCUT2D eigenvalue weighted by Crippen LogP contribution is -2.48. The average Bonchev–Trinajstić information content (AvgIpc) is 3.59. The number of anilines is 1. The maximum atomic E-state index is 14.4. The molecule has 38 heavy (non-hydrogen) atoms. The fourth-order valence-corrected chi connectivity index (χ4v) is 6.22. The molecular weight excluding hydrogens is 482 g/mol. The Kier molecular flexibility index (Phi) is 6.13. The smallest absolute Gasteiger partial charge is 0.240 e. The van der Waals surface area contributed by atoms with Gasteiger partial charge in [0.2, 0.25) is 17.7 Å². The molecule has 6 rings (SSSR count). The predicted octanol–water partition coefficient (Wildman–Crippen LogP) is 2.74. The number of amides is 3. The van der Waals surface area contributed by atoms with Gasteiger partial charge in [-0.25, -0.2) is 0 Å². The number of benzene rings is 2. The van der Waals surface area contributed by atoms with Crippen molar-refractivity contribution in [1.82, 2.24) is 20.0 Å². The van der Waals surface area contributed by atoms with Crippen LogP contribution in [0.5, 0.6) is 5.75 Å². The predicted molar refractivity (Wildman–Crippen MR) is 141 cm³/mol. The highest BCUT2D eigenvalue weighted by molar-refractivity contribution is 6.12. The monoisotopic (exact) mass is 513 g/mol. The van der Waals surface area contributed by atoms with Crippen molar-refractivity contribution in [2.75, 3.05) is 31.1 Å². The van der Waals surface area contributed by atoms with Gasteiger partial charge in [0.05, 0.1) is 12.6 Å². The number of hydrogen-bond acceptors (Lipinski definition) is 5.